The smallest absolute Gasteiger partial charge is 0.306 e. The van der Waals surface area contributed by atoms with Crippen molar-refractivity contribution in [1.29, 1.82) is 0 Å². The van der Waals surface area contributed by atoms with Gasteiger partial charge in [0.2, 0.25) is 0 Å². The van der Waals surface area contributed by atoms with Crippen molar-refractivity contribution in [2.45, 2.75) is 59.0 Å². The van der Waals surface area contributed by atoms with E-state index in [0.717, 1.165) is 12.8 Å². The van der Waals surface area contributed by atoms with Crippen LogP contribution in [0.1, 0.15) is 52.9 Å². The minimum absolute atomic E-state index is 0.0228. The van der Waals surface area contributed by atoms with Crippen LogP contribution in [0.25, 0.3) is 0 Å². The van der Waals surface area contributed by atoms with Gasteiger partial charge in [-0.15, -0.1) is 0 Å². The molecule has 104 valence electrons. The molecule has 0 aromatic heterocycles. The minimum Gasteiger partial charge on any atom is -0.481 e. The van der Waals surface area contributed by atoms with Gasteiger partial charge in [0.15, 0.2) is 0 Å². The number of aliphatic carboxylic acids is 1. The van der Waals surface area contributed by atoms with Crippen LogP contribution in [-0.2, 0) is 14.3 Å². The zero-order valence-corrected chi connectivity index (χ0v) is 11.5. The highest BCUT2D eigenvalue weighted by atomic mass is 16.5. The molecule has 1 aliphatic rings. The lowest BCUT2D eigenvalue weighted by atomic mass is 9.75. The van der Waals surface area contributed by atoms with Crippen molar-refractivity contribution >= 4 is 11.9 Å². The van der Waals surface area contributed by atoms with Crippen LogP contribution in [0.4, 0.5) is 0 Å². The van der Waals surface area contributed by atoms with E-state index in [9.17, 15) is 9.59 Å². The predicted molar refractivity (Wildman–Crippen MR) is 68.1 cm³/mol. The molecule has 2 unspecified atom stereocenters. The second kappa shape index (κ2) is 6.76. The summed E-state index contributed by atoms with van der Waals surface area (Å²) < 4.78 is 5.48. The zero-order valence-electron chi connectivity index (χ0n) is 11.5. The summed E-state index contributed by atoms with van der Waals surface area (Å²) in [6.07, 6.45) is 2.98. The van der Waals surface area contributed by atoms with Crippen LogP contribution in [0.3, 0.4) is 0 Å². The average Bonchev–Trinajstić information content (AvgIpc) is 2.26. The number of carbonyl (C=O) groups excluding carboxylic acids is 1. The molecular formula is C14H24O4. The summed E-state index contributed by atoms with van der Waals surface area (Å²) >= 11 is 0. The van der Waals surface area contributed by atoms with Gasteiger partial charge in [-0.05, 0) is 30.6 Å². The Morgan fingerprint density at radius 2 is 1.94 bits per heavy atom. The maximum Gasteiger partial charge on any atom is 0.306 e. The second-order valence-corrected chi connectivity index (χ2v) is 5.75. The Morgan fingerprint density at radius 3 is 2.50 bits per heavy atom. The van der Waals surface area contributed by atoms with Gasteiger partial charge in [-0.1, -0.05) is 27.2 Å². The molecule has 1 saturated carbocycles. The first-order valence-electron chi connectivity index (χ1n) is 6.81. The summed E-state index contributed by atoms with van der Waals surface area (Å²) in [7, 11) is 0. The maximum atomic E-state index is 11.6. The van der Waals surface area contributed by atoms with Crippen molar-refractivity contribution in [3.8, 4) is 0 Å². The van der Waals surface area contributed by atoms with Gasteiger partial charge in [0.1, 0.15) is 6.10 Å². The predicted octanol–water partition coefficient (Wildman–Crippen LogP) is 2.86. The number of ether oxygens (including phenoxy) is 1. The van der Waals surface area contributed by atoms with Crippen molar-refractivity contribution in [2.75, 3.05) is 0 Å². The van der Waals surface area contributed by atoms with Gasteiger partial charge in [-0.2, -0.15) is 0 Å². The van der Waals surface area contributed by atoms with E-state index in [2.05, 4.69) is 20.8 Å². The molecule has 1 N–H and O–H groups in total. The Morgan fingerprint density at radius 1 is 1.28 bits per heavy atom. The van der Waals surface area contributed by atoms with Crippen LogP contribution < -0.4 is 0 Å². The highest BCUT2D eigenvalue weighted by Gasteiger charge is 2.33. The standard InChI is InChI=1S/C14H24O4/c1-9(2)11-5-4-10(3)8-12(11)18-14(17)7-6-13(15)16/h9-12H,4-8H2,1-3H3,(H,15,16)/t10-,11?,12?/m1/s1. The molecule has 1 fully saturated rings. The Kier molecular flexibility index (Phi) is 5.63. The first-order valence-corrected chi connectivity index (χ1v) is 6.81. The van der Waals surface area contributed by atoms with Gasteiger partial charge in [0.25, 0.3) is 0 Å². The van der Waals surface area contributed by atoms with Gasteiger partial charge >= 0.3 is 11.9 Å². The summed E-state index contributed by atoms with van der Waals surface area (Å²) in [5.41, 5.74) is 0. The third-order valence-electron chi connectivity index (χ3n) is 3.79. The van der Waals surface area contributed by atoms with Gasteiger partial charge < -0.3 is 9.84 Å². The Bertz CT molecular complexity index is 298. The molecule has 0 saturated heterocycles. The molecule has 1 rings (SSSR count). The minimum atomic E-state index is -0.954. The summed E-state index contributed by atoms with van der Waals surface area (Å²) in [6.45, 7) is 6.48. The van der Waals surface area contributed by atoms with Crippen LogP contribution in [0, 0.1) is 17.8 Å². The number of hydrogen-bond acceptors (Lipinski definition) is 3. The van der Waals surface area contributed by atoms with Crippen molar-refractivity contribution in [1.82, 2.24) is 0 Å². The molecular weight excluding hydrogens is 232 g/mol. The first-order chi connectivity index (χ1) is 8.40. The lowest BCUT2D eigenvalue weighted by Gasteiger charge is -2.36. The summed E-state index contributed by atoms with van der Waals surface area (Å²) in [5, 5.41) is 8.54. The molecule has 0 heterocycles. The molecule has 0 bridgehead atoms. The fraction of sp³-hybridized carbons (Fsp3) is 0.857. The third kappa shape index (κ3) is 4.67. The zero-order chi connectivity index (χ0) is 13.7. The van der Waals surface area contributed by atoms with Crippen LogP contribution in [0.2, 0.25) is 0 Å². The molecule has 0 amide bonds. The Labute approximate surface area is 109 Å². The number of carboxylic acid groups (broad SMARTS) is 1. The summed E-state index contributed by atoms with van der Waals surface area (Å²) in [5.74, 6) is 0.161. The Hall–Kier alpha value is -1.06. The number of hydrogen-bond donors (Lipinski definition) is 1. The van der Waals surface area contributed by atoms with E-state index in [-0.39, 0.29) is 24.9 Å². The van der Waals surface area contributed by atoms with E-state index in [1.54, 1.807) is 0 Å². The van der Waals surface area contributed by atoms with Crippen LogP contribution >= 0.6 is 0 Å². The maximum absolute atomic E-state index is 11.6. The molecule has 4 heteroatoms. The SMILES string of the molecule is CC(C)C1CC[C@@H](C)CC1OC(=O)CCC(=O)O. The van der Waals surface area contributed by atoms with Gasteiger partial charge in [0.05, 0.1) is 12.8 Å². The average molecular weight is 256 g/mol. The molecule has 0 aliphatic heterocycles. The molecule has 0 spiro atoms. The van der Waals surface area contributed by atoms with E-state index >= 15 is 0 Å². The van der Waals surface area contributed by atoms with E-state index in [1.165, 1.54) is 6.42 Å². The molecule has 3 atom stereocenters. The van der Waals surface area contributed by atoms with Crippen LogP contribution in [-0.4, -0.2) is 23.1 Å². The number of esters is 1. The lowest BCUT2D eigenvalue weighted by Crippen LogP contribution is -2.35. The fourth-order valence-electron chi connectivity index (χ4n) is 2.69. The summed E-state index contributed by atoms with van der Waals surface area (Å²) in [6, 6.07) is 0. The van der Waals surface area contributed by atoms with Crippen LogP contribution in [0.5, 0.6) is 0 Å². The number of carbonyl (C=O) groups is 2. The number of carboxylic acids is 1. The molecule has 0 radical (unpaired) electrons. The van der Waals surface area contributed by atoms with E-state index in [0.29, 0.717) is 17.8 Å². The lowest BCUT2D eigenvalue weighted by molar-refractivity contribution is -0.158. The van der Waals surface area contributed by atoms with E-state index in [1.807, 2.05) is 0 Å². The monoisotopic (exact) mass is 256 g/mol. The van der Waals surface area contributed by atoms with Gasteiger partial charge in [0, 0.05) is 0 Å². The van der Waals surface area contributed by atoms with E-state index in [4.69, 9.17) is 9.84 Å². The largest absolute Gasteiger partial charge is 0.481 e. The van der Waals surface area contributed by atoms with Crippen molar-refractivity contribution in [2.24, 2.45) is 17.8 Å². The molecule has 0 aromatic rings. The fourth-order valence-corrected chi connectivity index (χ4v) is 2.69. The normalized spacial score (nSPS) is 28.1. The Balaban J connectivity index is 2.49. The molecule has 1 aliphatic carbocycles. The highest BCUT2D eigenvalue weighted by Crippen LogP contribution is 2.35. The molecule has 18 heavy (non-hydrogen) atoms. The second-order valence-electron chi connectivity index (χ2n) is 5.75. The third-order valence-corrected chi connectivity index (χ3v) is 3.79. The van der Waals surface area contributed by atoms with Gasteiger partial charge in [-0.25, -0.2) is 0 Å². The number of rotatable bonds is 5. The highest BCUT2D eigenvalue weighted by molar-refractivity contribution is 5.76. The first kappa shape index (κ1) is 15.0. The molecule has 0 aromatic carbocycles. The van der Waals surface area contributed by atoms with Gasteiger partial charge in [-0.3, -0.25) is 9.59 Å². The molecule has 4 nitrogen and oxygen atoms in total. The van der Waals surface area contributed by atoms with Crippen molar-refractivity contribution in [3.63, 3.8) is 0 Å². The van der Waals surface area contributed by atoms with Crippen molar-refractivity contribution in [3.05, 3.63) is 0 Å². The quantitative estimate of drug-likeness (QED) is 0.768. The van der Waals surface area contributed by atoms with E-state index < -0.39 is 5.97 Å². The summed E-state index contributed by atoms with van der Waals surface area (Å²) in [4.78, 5) is 22.0. The van der Waals surface area contributed by atoms with Crippen molar-refractivity contribution < 1.29 is 19.4 Å². The topological polar surface area (TPSA) is 63.6 Å². The van der Waals surface area contributed by atoms with Crippen LogP contribution in [0.15, 0.2) is 0 Å².